The molecule has 0 aromatic heterocycles. The van der Waals surface area contributed by atoms with Crippen molar-refractivity contribution in [3.05, 3.63) is 91.5 Å². The summed E-state index contributed by atoms with van der Waals surface area (Å²) >= 11 is 0. The molecule has 1 saturated heterocycles. The number of fused-ring (bicyclic) bond motifs is 5. The summed E-state index contributed by atoms with van der Waals surface area (Å²) in [5.41, 5.74) is 10.5. The fourth-order valence-electron chi connectivity index (χ4n) is 7.51. The van der Waals surface area contributed by atoms with Crippen molar-refractivity contribution in [2.75, 3.05) is 20.3 Å². The first-order valence-corrected chi connectivity index (χ1v) is 17.5. The van der Waals surface area contributed by atoms with Crippen molar-refractivity contribution in [3.63, 3.8) is 0 Å². The van der Waals surface area contributed by atoms with E-state index in [4.69, 9.17) is 24.5 Å². The van der Waals surface area contributed by atoms with Crippen LogP contribution in [0.1, 0.15) is 86.0 Å². The van der Waals surface area contributed by atoms with Gasteiger partial charge in [-0.2, -0.15) is 0 Å². The first kappa shape index (κ1) is 34.3. The zero-order valence-corrected chi connectivity index (χ0v) is 29.3. The van der Waals surface area contributed by atoms with E-state index in [0.29, 0.717) is 76.8 Å². The molecular weight excluding hydrogens is 620 g/mol. The van der Waals surface area contributed by atoms with E-state index in [1.54, 1.807) is 6.08 Å². The number of aliphatic hydroxyl groups is 2. The maximum atomic E-state index is 13.7. The van der Waals surface area contributed by atoms with Gasteiger partial charge in [0, 0.05) is 52.8 Å². The van der Waals surface area contributed by atoms with E-state index < -0.39 is 5.97 Å². The lowest BCUT2D eigenvalue weighted by Gasteiger charge is -2.17. The lowest BCUT2D eigenvalue weighted by atomic mass is 9.86. The number of nitrogens with one attached hydrogen (secondary N) is 1. The quantitative estimate of drug-likeness (QED) is 0.164. The molecule has 2 atom stereocenters. The van der Waals surface area contributed by atoms with E-state index in [0.717, 1.165) is 59.4 Å². The van der Waals surface area contributed by atoms with Gasteiger partial charge in [0.2, 0.25) is 0 Å². The Labute approximate surface area is 287 Å². The topological polar surface area (TPSA) is 142 Å². The summed E-state index contributed by atoms with van der Waals surface area (Å²) in [6.45, 7) is 10.2. The number of nitrogens with zero attached hydrogens (tertiary/aromatic N) is 3. The molecule has 0 aromatic rings. The second-order valence-corrected chi connectivity index (χ2v) is 13.3. The summed E-state index contributed by atoms with van der Waals surface area (Å²) in [5.74, 6) is -0.523. The van der Waals surface area contributed by atoms with Gasteiger partial charge in [0.15, 0.2) is 0 Å². The van der Waals surface area contributed by atoms with E-state index in [-0.39, 0.29) is 36.6 Å². The lowest BCUT2D eigenvalue weighted by molar-refractivity contribution is -0.141. The van der Waals surface area contributed by atoms with Crippen LogP contribution in [0.2, 0.25) is 0 Å². The van der Waals surface area contributed by atoms with Crippen LogP contribution in [0.15, 0.2) is 106 Å². The van der Waals surface area contributed by atoms with Crippen LogP contribution >= 0.6 is 0 Å². The number of aliphatic imine (C=N–C) groups is 3. The third-order valence-electron chi connectivity index (χ3n) is 10.4. The van der Waals surface area contributed by atoms with E-state index in [1.165, 1.54) is 7.11 Å². The molecule has 10 heteroatoms. The van der Waals surface area contributed by atoms with Crippen molar-refractivity contribution >= 4 is 29.1 Å². The maximum absolute atomic E-state index is 13.7. The molecule has 0 aromatic carbocycles. The summed E-state index contributed by atoms with van der Waals surface area (Å²) in [4.78, 5) is 41.0. The summed E-state index contributed by atoms with van der Waals surface area (Å²) in [6.07, 6.45) is 11.3. The molecule has 8 bridgehead atoms. The highest BCUT2D eigenvalue weighted by atomic mass is 16.5. The van der Waals surface area contributed by atoms with E-state index in [9.17, 15) is 19.8 Å². The molecule has 5 aliphatic heterocycles. The van der Waals surface area contributed by atoms with Gasteiger partial charge in [-0.1, -0.05) is 40.0 Å². The van der Waals surface area contributed by atoms with Crippen LogP contribution in [0.3, 0.4) is 0 Å². The Morgan fingerprint density at radius 3 is 2.45 bits per heavy atom. The summed E-state index contributed by atoms with van der Waals surface area (Å²) in [6, 6.07) is 0. The Hall–Kier alpha value is -4.57. The number of ether oxygens (including phenoxy) is 2. The van der Waals surface area contributed by atoms with Crippen LogP contribution in [0, 0.1) is 11.8 Å². The molecule has 0 saturated carbocycles. The second kappa shape index (κ2) is 14.1. The Morgan fingerprint density at radius 1 is 0.980 bits per heavy atom. The van der Waals surface area contributed by atoms with Crippen LogP contribution in [-0.2, 0) is 19.1 Å². The normalized spacial score (nSPS) is 22.8. The second-order valence-electron chi connectivity index (χ2n) is 13.3. The number of aliphatic hydroxyl groups excluding tert-OH is 2. The molecular formula is C39H46N4O6. The molecule has 3 N–H and O–H groups in total. The summed E-state index contributed by atoms with van der Waals surface area (Å²) in [7, 11) is 1.40. The average molecular weight is 667 g/mol. The molecule has 2 unspecified atom stereocenters. The predicted octanol–water partition coefficient (Wildman–Crippen LogP) is 6.71. The largest absolute Gasteiger partial charge is 0.511 e. The molecule has 10 nitrogen and oxygen atoms in total. The molecule has 0 radical (unpaired) electrons. The molecule has 5 heterocycles. The standard InChI is InChI=1S/C39H46N4O6/c1-7-9-10-11-14-49-39(47)36-23(8-2)30-17-29-22(5)35-33(45)15-25(38(35)43-29)37-24(12-13-34(46)48-6)20(3)28(42-37)16-27-21(4)26(19-44)31(40-27)18-32(36)41-30/h16-18,20,24,42,44-45H,7-15,19H2,1-6H3. The number of rotatable bonds is 11. The Kier molecular flexibility index (Phi) is 9.88. The monoisotopic (exact) mass is 666 g/mol. The van der Waals surface area contributed by atoms with Gasteiger partial charge < -0.3 is 25.0 Å². The molecule has 1 fully saturated rings. The fraction of sp³-hybridized carbons (Fsp3) is 0.462. The molecule has 6 aliphatic rings. The van der Waals surface area contributed by atoms with E-state index in [1.807, 2.05) is 32.9 Å². The minimum atomic E-state index is -0.429. The highest BCUT2D eigenvalue weighted by Gasteiger charge is 2.41. The molecule has 258 valence electrons. The first-order valence-electron chi connectivity index (χ1n) is 17.5. The molecule has 0 spiro atoms. The van der Waals surface area contributed by atoms with Crippen molar-refractivity contribution in [3.8, 4) is 0 Å². The average Bonchev–Trinajstić information content (AvgIpc) is 3.85. The molecule has 0 amide bonds. The van der Waals surface area contributed by atoms with Crippen LogP contribution < -0.4 is 5.32 Å². The third-order valence-corrected chi connectivity index (χ3v) is 10.4. The predicted molar refractivity (Wildman–Crippen MR) is 190 cm³/mol. The van der Waals surface area contributed by atoms with Gasteiger partial charge in [-0.3, -0.25) is 4.79 Å². The number of carbonyl (C=O) groups is 2. The van der Waals surface area contributed by atoms with Gasteiger partial charge in [-0.25, -0.2) is 19.8 Å². The number of hydrogen-bond acceptors (Lipinski definition) is 10. The smallest absolute Gasteiger partial charge is 0.340 e. The van der Waals surface area contributed by atoms with Crippen molar-refractivity contribution in [1.29, 1.82) is 0 Å². The number of methoxy groups -OCH3 is 1. The van der Waals surface area contributed by atoms with Crippen molar-refractivity contribution in [1.82, 2.24) is 5.32 Å². The Balaban J connectivity index is 1.53. The fourth-order valence-corrected chi connectivity index (χ4v) is 7.51. The highest BCUT2D eigenvalue weighted by molar-refractivity contribution is 6.28. The zero-order chi connectivity index (χ0) is 35.0. The van der Waals surface area contributed by atoms with E-state index in [2.05, 4.69) is 19.2 Å². The van der Waals surface area contributed by atoms with Crippen LogP contribution in [0.5, 0.6) is 0 Å². The summed E-state index contributed by atoms with van der Waals surface area (Å²) in [5, 5.41) is 25.5. The van der Waals surface area contributed by atoms with E-state index >= 15 is 0 Å². The number of hydrogen-bond donors (Lipinski definition) is 3. The van der Waals surface area contributed by atoms with Crippen LogP contribution in [0.25, 0.3) is 0 Å². The van der Waals surface area contributed by atoms with Gasteiger partial charge in [0.25, 0.3) is 0 Å². The van der Waals surface area contributed by atoms with Crippen molar-refractivity contribution < 1.29 is 29.3 Å². The van der Waals surface area contributed by atoms with Gasteiger partial charge in [-0.05, 0) is 68.1 Å². The number of allylic oxidation sites excluding steroid dienone is 10. The van der Waals surface area contributed by atoms with Gasteiger partial charge in [0.1, 0.15) is 5.76 Å². The minimum Gasteiger partial charge on any atom is -0.511 e. The molecule has 49 heavy (non-hydrogen) atoms. The van der Waals surface area contributed by atoms with Gasteiger partial charge in [-0.15, -0.1) is 0 Å². The Morgan fingerprint density at radius 2 is 1.73 bits per heavy atom. The minimum absolute atomic E-state index is 0.0121. The van der Waals surface area contributed by atoms with Crippen LogP contribution in [0.4, 0.5) is 0 Å². The molecule has 6 rings (SSSR count). The van der Waals surface area contributed by atoms with Gasteiger partial charge >= 0.3 is 11.9 Å². The maximum Gasteiger partial charge on any atom is 0.340 e. The van der Waals surface area contributed by atoms with Crippen molar-refractivity contribution in [2.24, 2.45) is 26.8 Å². The number of esters is 2. The molecule has 1 aliphatic carbocycles. The lowest BCUT2D eigenvalue weighted by Crippen LogP contribution is -2.16. The number of unbranched alkanes of at least 4 members (excludes halogenated alkanes) is 3. The van der Waals surface area contributed by atoms with Gasteiger partial charge in [0.05, 0.1) is 60.1 Å². The SMILES string of the molecule is CCCCCCOC(=O)C1=C(CC)C2=CC3=C(C)C4=C(O)CC(=C5NC(=CC6=NC(=CC1=N2)C(CO)=C6C)C(C)C5CCC(=O)OC)C4=N3. The van der Waals surface area contributed by atoms with Crippen molar-refractivity contribution in [2.45, 2.75) is 86.0 Å². The summed E-state index contributed by atoms with van der Waals surface area (Å²) < 4.78 is 10.8. The first-order chi connectivity index (χ1) is 23.6. The third kappa shape index (κ3) is 6.23. The highest BCUT2D eigenvalue weighted by Crippen LogP contribution is 2.46. The number of carbonyl (C=O) groups excluding carboxylic acids is 2. The zero-order valence-electron chi connectivity index (χ0n) is 29.3. The van der Waals surface area contributed by atoms with Crippen LogP contribution in [-0.4, -0.2) is 59.6 Å². The Bertz CT molecular complexity index is 1860.